The Hall–Kier alpha value is -2.64. The van der Waals surface area contributed by atoms with E-state index in [1.807, 2.05) is 20.8 Å². The van der Waals surface area contributed by atoms with Crippen LogP contribution in [0.4, 0.5) is 4.79 Å². The summed E-state index contributed by atoms with van der Waals surface area (Å²) in [7, 11) is 0. The Kier molecular flexibility index (Phi) is 3.90. The van der Waals surface area contributed by atoms with Crippen molar-refractivity contribution < 1.29 is 19.4 Å². The molecule has 1 N–H and O–H groups in total. The minimum Gasteiger partial charge on any atom is -0.478 e. The molecule has 1 aromatic heterocycles. The number of carboxylic acid groups (broad SMARTS) is 1. The third-order valence-corrected chi connectivity index (χ3v) is 3.80. The first-order valence-corrected chi connectivity index (χ1v) is 7.78. The fourth-order valence-electron chi connectivity index (χ4n) is 2.74. The van der Waals surface area contributed by atoms with Gasteiger partial charge in [-0.1, -0.05) is 11.3 Å². The molecule has 8 nitrogen and oxygen atoms in total. The highest BCUT2D eigenvalue weighted by Gasteiger charge is 2.34. The molecule has 1 aromatic carbocycles. The van der Waals surface area contributed by atoms with Crippen LogP contribution in [0.2, 0.25) is 0 Å². The summed E-state index contributed by atoms with van der Waals surface area (Å²) in [6, 6.07) is 4.93. The van der Waals surface area contributed by atoms with Crippen LogP contribution in [-0.4, -0.2) is 55.8 Å². The first kappa shape index (κ1) is 16.2. The van der Waals surface area contributed by atoms with Gasteiger partial charge < -0.3 is 14.7 Å². The largest absolute Gasteiger partial charge is 0.478 e. The van der Waals surface area contributed by atoms with Gasteiger partial charge in [0.2, 0.25) is 0 Å². The minimum absolute atomic E-state index is 0.181. The summed E-state index contributed by atoms with van der Waals surface area (Å²) in [5, 5.41) is 17.4. The van der Waals surface area contributed by atoms with Crippen molar-refractivity contribution in [3.05, 3.63) is 23.8 Å². The number of likely N-dealkylation sites (tertiary alicyclic amines) is 1. The van der Waals surface area contributed by atoms with Crippen LogP contribution in [-0.2, 0) is 11.3 Å². The lowest BCUT2D eigenvalue weighted by molar-refractivity contribution is -0.00371. The highest BCUT2D eigenvalue weighted by molar-refractivity contribution is 6.00. The second-order valence-corrected chi connectivity index (χ2v) is 7.00. The van der Waals surface area contributed by atoms with Crippen molar-refractivity contribution in [3.8, 4) is 0 Å². The Morgan fingerprint density at radius 1 is 1.33 bits per heavy atom. The number of amides is 1. The number of aromatic nitrogens is 3. The average molecular weight is 332 g/mol. The fourth-order valence-corrected chi connectivity index (χ4v) is 2.74. The quantitative estimate of drug-likeness (QED) is 0.923. The number of carbonyl (C=O) groups is 2. The van der Waals surface area contributed by atoms with Crippen molar-refractivity contribution in [2.45, 2.75) is 32.9 Å². The maximum atomic E-state index is 11.9. The monoisotopic (exact) mass is 332 g/mol. The Bertz CT molecular complexity index is 787. The van der Waals surface area contributed by atoms with Crippen LogP contribution in [0.1, 0.15) is 31.1 Å². The number of benzene rings is 1. The van der Waals surface area contributed by atoms with Gasteiger partial charge in [-0.15, -0.1) is 5.10 Å². The number of para-hydroxylation sites is 1. The van der Waals surface area contributed by atoms with Gasteiger partial charge in [0.25, 0.3) is 0 Å². The number of nitrogens with zero attached hydrogens (tertiary/aromatic N) is 4. The number of hydrogen-bond donors (Lipinski definition) is 1. The SMILES string of the molecule is CC(C)(C)OC(=O)N1CC(Cn2nnc3cccc(C(=O)O)c32)C1. The molecule has 0 atom stereocenters. The highest BCUT2D eigenvalue weighted by Crippen LogP contribution is 2.23. The van der Waals surface area contributed by atoms with E-state index in [9.17, 15) is 14.7 Å². The number of rotatable bonds is 3. The van der Waals surface area contributed by atoms with Gasteiger partial charge in [-0.3, -0.25) is 0 Å². The molecule has 1 amide bonds. The number of ether oxygens (including phenoxy) is 1. The zero-order valence-corrected chi connectivity index (χ0v) is 13.9. The van der Waals surface area contributed by atoms with E-state index in [1.54, 1.807) is 21.7 Å². The van der Waals surface area contributed by atoms with Crippen molar-refractivity contribution in [1.29, 1.82) is 0 Å². The van der Waals surface area contributed by atoms with Crippen molar-refractivity contribution in [2.75, 3.05) is 13.1 Å². The van der Waals surface area contributed by atoms with Gasteiger partial charge in [-0.2, -0.15) is 0 Å². The molecule has 0 bridgehead atoms. The van der Waals surface area contributed by atoms with E-state index in [2.05, 4.69) is 10.3 Å². The second-order valence-electron chi connectivity index (χ2n) is 7.00. The van der Waals surface area contributed by atoms with Crippen LogP contribution in [0.15, 0.2) is 18.2 Å². The molecule has 1 saturated heterocycles. The average Bonchev–Trinajstić information content (AvgIpc) is 2.83. The van der Waals surface area contributed by atoms with Crippen molar-refractivity contribution >= 4 is 23.1 Å². The molecule has 0 radical (unpaired) electrons. The van der Waals surface area contributed by atoms with Crippen LogP contribution in [0.25, 0.3) is 11.0 Å². The minimum atomic E-state index is -1.01. The topological polar surface area (TPSA) is 97.5 Å². The molecule has 0 aliphatic carbocycles. The Morgan fingerprint density at radius 3 is 2.67 bits per heavy atom. The van der Waals surface area contributed by atoms with E-state index >= 15 is 0 Å². The highest BCUT2D eigenvalue weighted by atomic mass is 16.6. The number of carboxylic acids is 1. The molecule has 2 aromatic rings. The first-order valence-electron chi connectivity index (χ1n) is 7.78. The summed E-state index contributed by atoms with van der Waals surface area (Å²) in [5.74, 6) is -0.808. The van der Waals surface area contributed by atoms with Crippen molar-refractivity contribution in [3.63, 3.8) is 0 Å². The van der Waals surface area contributed by atoms with E-state index in [1.165, 1.54) is 6.07 Å². The molecular weight excluding hydrogens is 312 g/mol. The van der Waals surface area contributed by atoms with Crippen LogP contribution in [0.3, 0.4) is 0 Å². The van der Waals surface area contributed by atoms with E-state index in [0.717, 1.165) is 0 Å². The molecule has 2 heterocycles. The predicted octanol–water partition coefficient (Wildman–Crippen LogP) is 2.00. The third kappa shape index (κ3) is 3.17. The van der Waals surface area contributed by atoms with Gasteiger partial charge in [-0.25, -0.2) is 14.3 Å². The molecule has 0 saturated carbocycles. The lowest BCUT2D eigenvalue weighted by Gasteiger charge is -2.39. The number of fused-ring (bicyclic) bond motifs is 1. The van der Waals surface area contributed by atoms with Crippen LogP contribution in [0.5, 0.6) is 0 Å². The van der Waals surface area contributed by atoms with Gasteiger partial charge in [0.05, 0.1) is 5.56 Å². The summed E-state index contributed by atoms with van der Waals surface area (Å²) in [6.45, 7) is 7.13. The Labute approximate surface area is 139 Å². The van der Waals surface area contributed by atoms with E-state index in [-0.39, 0.29) is 17.6 Å². The summed E-state index contributed by atoms with van der Waals surface area (Å²) >= 11 is 0. The number of hydrogen-bond acceptors (Lipinski definition) is 5. The van der Waals surface area contributed by atoms with Gasteiger partial charge in [-0.05, 0) is 32.9 Å². The lowest BCUT2D eigenvalue weighted by Crippen LogP contribution is -2.52. The zero-order valence-electron chi connectivity index (χ0n) is 13.9. The molecule has 1 aliphatic heterocycles. The number of carbonyl (C=O) groups excluding carboxylic acids is 1. The fraction of sp³-hybridized carbons (Fsp3) is 0.500. The molecule has 0 spiro atoms. The maximum Gasteiger partial charge on any atom is 0.410 e. The second kappa shape index (κ2) is 5.77. The first-order chi connectivity index (χ1) is 11.2. The molecule has 24 heavy (non-hydrogen) atoms. The summed E-state index contributed by atoms with van der Waals surface area (Å²) in [5.41, 5.74) is 0.737. The molecule has 0 unspecified atom stereocenters. The van der Waals surface area contributed by atoms with Crippen molar-refractivity contribution in [2.24, 2.45) is 5.92 Å². The summed E-state index contributed by atoms with van der Waals surface area (Å²) in [6.07, 6.45) is -0.326. The third-order valence-electron chi connectivity index (χ3n) is 3.80. The lowest BCUT2D eigenvalue weighted by atomic mass is 10.0. The molecule has 1 fully saturated rings. The normalized spacial score (nSPS) is 15.4. The van der Waals surface area contributed by atoms with Gasteiger partial charge in [0.15, 0.2) is 0 Å². The molecule has 1 aliphatic rings. The standard InChI is InChI=1S/C16H20N4O4/c1-16(2,3)24-15(23)19-7-10(8-19)9-20-13-11(14(21)22)5-4-6-12(13)17-18-20/h4-6,10H,7-9H2,1-3H3,(H,21,22). The van der Waals surface area contributed by atoms with E-state index < -0.39 is 11.6 Å². The predicted molar refractivity (Wildman–Crippen MR) is 85.8 cm³/mol. The molecule has 3 rings (SSSR count). The maximum absolute atomic E-state index is 11.9. The number of aromatic carboxylic acids is 1. The van der Waals surface area contributed by atoms with Crippen LogP contribution < -0.4 is 0 Å². The van der Waals surface area contributed by atoms with Gasteiger partial charge >= 0.3 is 12.1 Å². The Balaban J connectivity index is 1.68. The van der Waals surface area contributed by atoms with Crippen LogP contribution in [0, 0.1) is 5.92 Å². The Morgan fingerprint density at radius 2 is 2.04 bits per heavy atom. The van der Waals surface area contributed by atoms with E-state index in [4.69, 9.17) is 4.74 Å². The summed E-state index contributed by atoms with van der Waals surface area (Å²) < 4.78 is 6.93. The van der Waals surface area contributed by atoms with Gasteiger partial charge in [0.1, 0.15) is 16.6 Å². The van der Waals surface area contributed by atoms with Crippen LogP contribution >= 0.6 is 0 Å². The molecule has 8 heteroatoms. The van der Waals surface area contributed by atoms with Crippen molar-refractivity contribution in [1.82, 2.24) is 19.9 Å². The zero-order chi connectivity index (χ0) is 17.5. The smallest absolute Gasteiger partial charge is 0.410 e. The van der Waals surface area contributed by atoms with Gasteiger partial charge in [0, 0.05) is 25.6 Å². The summed E-state index contributed by atoms with van der Waals surface area (Å²) in [4.78, 5) is 24.9. The molecular formula is C16H20N4O4. The molecule has 128 valence electrons. The van der Waals surface area contributed by atoms with E-state index in [0.29, 0.717) is 30.7 Å².